The summed E-state index contributed by atoms with van der Waals surface area (Å²) in [5.74, 6) is -0.276. The van der Waals surface area contributed by atoms with Gasteiger partial charge in [-0.2, -0.15) is 0 Å². The van der Waals surface area contributed by atoms with E-state index in [4.69, 9.17) is 4.74 Å². The van der Waals surface area contributed by atoms with E-state index in [2.05, 4.69) is 26.0 Å². The van der Waals surface area contributed by atoms with Crippen molar-refractivity contribution in [3.63, 3.8) is 0 Å². The van der Waals surface area contributed by atoms with Gasteiger partial charge in [-0.3, -0.25) is 0 Å². The fourth-order valence-electron chi connectivity index (χ4n) is 2.73. The number of methoxy groups -OCH3 is 1. The molecule has 0 amide bonds. The van der Waals surface area contributed by atoms with E-state index in [1.54, 1.807) is 25.3 Å². The van der Waals surface area contributed by atoms with E-state index >= 15 is 0 Å². The quantitative estimate of drug-likeness (QED) is 0.906. The van der Waals surface area contributed by atoms with Crippen LogP contribution in [-0.2, 0) is 0 Å². The van der Waals surface area contributed by atoms with Crippen LogP contribution in [-0.4, -0.2) is 18.2 Å². The van der Waals surface area contributed by atoms with Crippen molar-refractivity contribution in [1.29, 1.82) is 0 Å². The van der Waals surface area contributed by atoms with Gasteiger partial charge >= 0.3 is 5.97 Å². The first kappa shape index (κ1) is 15.8. The molecule has 1 N–H and O–H groups in total. The minimum atomic E-state index is -0.944. The van der Waals surface area contributed by atoms with Crippen LogP contribution in [0.4, 0.5) is 0 Å². The van der Waals surface area contributed by atoms with Gasteiger partial charge in [0.25, 0.3) is 0 Å². The van der Waals surface area contributed by atoms with Gasteiger partial charge in [-0.1, -0.05) is 24.3 Å². The van der Waals surface area contributed by atoms with Gasteiger partial charge < -0.3 is 9.84 Å². The second kappa shape index (κ2) is 6.48. The van der Waals surface area contributed by atoms with Crippen molar-refractivity contribution in [2.24, 2.45) is 0 Å². The Morgan fingerprint density at radius 1 is 1.14 bits per heavy atom. The van der Waals surface area contributed by atoms with E-state index in [0.717, 1.165) is 27.8 Å². The maximum absolute atomic E-state index is 11.3. The van der Waals surface area contributed by atoms with E-state index < -0.39 is 5.97 Å². The molecule has 0 heterocycles. The number of aromatic carboxylic acids is 1. The molecule has 0 bridgehead atoms. The Labute approximate surface area is 130 Å². The van der Waals surface area contributed by atoms with Gasteiger partial charge in [0.1, 0.15) is 5.75 Å². The van der Waals surface area contributed by atoms with Crippen molar-refractivity contribution >= 4 is 11.5 Å². The van der Waals surface area contributed by atoms with Crippen molar-refractivity contribution in [3.05, 3.63) is 70.3 Å². The third-order valence-corrected chi connectivity index (χ3v) is 3.78. The van der Waals surface area contributed by atoms with Crippen molar-refractivity contribution in [2.45, 2.75) is 20.8 Å². The zero-order valence-electron chi connectivity index (χ0n) is 13.3. The standard InChI is InChI=1S/C19H20O3/c1-5-15(18-12(2)7-6-8-13(18)3)16-11-14(19(20)21)9-10-17(16)22-4/h5-11H,1-4H3,(H,20,21)/b15-5+. The van der Waals surface area contributed by atoms with E-state index in [9.17, 15) is 9.90 Å². The van der Waals surface area contributed by atoms with E-state index in [1.807, 2.05) is 19.1 Å². The molecule has 0 aliphatic rings. The first-order valence-electron chi connectivity index (χ1n) is 7.14. The second-order valence-electron chi connectivity index (χ2n) is 5.19. The molecule has 2 aromatic rings. The number of benzene rings is 2. The number of allylic oxidation sites excluding steroid dienone is 1. The summed E-state index contributed by atoms with van der Waals surface area (Å²) in [4.78, 5) is 11.3. The highest BCUT2D eigenvalue weighted by molar-refractivity contribution is 5.92. The van der Waals surface area contributed by atoms with Crippen LogP contribution in [0.2, 0.25) is 0 Å². The van der Waals surface area contributed by atoms with Crippen LogP contribution in [0, 0.1) is 13.8 Å². The van der Waals surface area contributed by atoms with Crippen molar-refractivity contribution in [1.82, 2.24) is 0 Å². The van der Waals surface area contributed by atoms with Crippen molar-refractivity contribution in [2.75, 3.05) is 7.11 Å². The highest BCUT2D eigenvalue weighted by atomic mass is 16.5. The normalized spacial score (nSPS) is 11.4. The molecule has 22 heavy (non-hydrogen) atoms. The topological polar surface area (TPSA) is 46.5 Å². The third kappa shape index (κ3) is 2.89. The van der Waals surface area contributed by atoms with Gasteiger partial charge in [-0.15, -0.1) is 0 Å². The molecule has 2 rings (SSSR count). The van der Waals surface area contributed by atoms with Crippen LogP contribution in [0.15, 0.2) is 42.5 Å². The highest BCUT2D eigenvalue weighted by Crippen LogP contribution is 2.35. The Hall–Kier alpha value is -2.55. The molecule has 0 saturated carbocycles. The van der Waals surface area contributed by atoms with Gasteiger partial charge in [-0.05, 0) is 61.2 Å². The maximum Gasteiger partial charge on any atom is 0.335 e. The summed E-state index contributed by atoms with van der Waals surface area (Å²) in [6, 6.07) is 11.1. The Kier molecular flexibility index (Phi) is 4.66. The minimum absolute atomic E-state index is 0.251. The molecule has 0 aromatic heterocycles. The molecule has 3 nitrogen and oxygen atoms in total. The maximum atomic E-state index is 11.3. The lowest BCUT2D eigenvalue weighted by atomic mass is 9.89. The molecule has 114 valence electrons. The second-order valence-corrected chi connectivity index (χ2v) is 5.19. The van der Waals surface area contributed by atoms with Gasteiger partial charge in [0.15, 0.2) is 0 Å². The van der Waals surface area contributed by atoms with Gasteiger partial charge in [0, 0.05) is 5.56 Å². The molecule has 0 unspecified atom stereocenters. The first-order chi connectivity index (χ1) is 10.5. The van der Waals surface area contributed by atoms with Crippen molar-refractivity contribution < 1.29 is 14.6 Å². The van der Waals surface area contributed by atoms with Crippen molar-refractivity contribution in [3.8, 4) is 5.75 Å². The molecule has 0 aliphatic carbocycles. The number of hydrogen-bond acceptors (Lipinski definition) is 2. The Morgan fingerprint density at radius 2 is 1.77 bits per heavy atom. The first-order valence-corrected chi connectivity index (χ1v) is 7.14. The van der Waals surface area contributed by atoms with Gasteiger partial charge in [-0.25, -0.2) is 4.79 Å². The number of carboxylic acids is 1. The summed E-state index contributed by atoms with van der Waals surface area (Å²) in [7, 11) is 1.59. The van der Waals surface area contributed by atoms with Gasteiger partial charge in [0.2, 0.25) is 0 Å². The smallest absolute Gasteiger partial charge is 0.335 e. The molecule has 0 radical (unpaired) electrons. The zero-order valence-corrected chi connectivity index (χ0v) is 13.3. The Morgan fingerprint density at radius 3 is 2.27 bits per heavy atom. The third-order valence-electron chi connectivity index (χ3n) is 3.78. The molecule has 0 fully saturated rings. The number of aryl methyl sites for hydroxylation is 2. The van der Waals surface area contributed by atoms with E-state index in [-0.39, 0.29) is 5.56 Å². The van der Waals surface area contributed by atoms with E-state index in [1.165, 1.54) is 0 Å². The highest BCUT2D eigenvalue weighted by Gasteiger charge is 2.16. The monoisotopic (exact) mass is 296 g/mol. The SMILES string of the molecule is C/C=C(\c1cc(C(=O)O)ccc1OC)c1c(C)cccc1C. The fourth-order valence-corrected chi connectivity index (χ4v) is 2.73. The molecule has 0 spiro atoms. The van der Waals surface area contributed by atoms with Crippen LogP contribution in [0.3, 0.4) is 0 Å². The predicted octanol–water partition coefficient (Wildman–Crippen LogP) is 4.46. The molecule has 3 heteroatoms. The Balaban J connectivity index is 2.71. The van der Waals surface area contributed by atoms with Crippen LogP contribution >= 0.6 is 0 Å². The summed E-state index contributed by atoms with van der Waals surface area (Å²) >= 11 is 0. The molecule has 2 aromatic carbocycles. The molecule has 0 atom stereocenters. The fraction of sp³-hybridized carbons (Fsp3) is 0.211. The van der Waals surface area contributed by atoms with Crippen LogP contribution in [0.5, 0.6) is 5.75 Å². The molecular formula is C19H20O3. The Bertz CT molecular complexity index is 722. The molecule has 0 saturated heterocycles. The summed E-state index contributed by atoms with van der Waals surface area (Å²) in [6.07, 6.45) is 2.00. The number of rotatable bonds is 4. The average molecular weight is 296 g/mol. The zero-order chi connectivity index (χ0) is 16.3. The minimum Gasteiger partial charge on any atom is -0.496 e. The average Bonchev–Trinajstić information content (AvgIpc) is 2.50. The van der Waals surface area contributed by atoms with Gasteiger partial charge in [0.05, 0.1) is 12.7 Å². The number of carbonyl (C=O) groups is 1. The summed E-state index contributed by atoms with van der Waals surface area (Å²) in [6.45, 7) is 6.06. The van der Waals surface area contributed by atoms with Crippen LogP contribution in [0.25, 0.3) is 5.57 Å². The summed E-state index contributed by atoms with van der Waals surface area (Å²) in [5.41, 5.74) is 5.44. The largest absolute Gasteiger partial charge is 0.496 e. The van der Waals surface area contributed by atoms with Crippen LogP contribution < -0.4 is 4.74 Å². The van der Waals surface area contributed by atoms with E-state index in [0.29, 0.717) is 5.75 Å². The molecule has 0 aliphatic heterocycles. The lowest BCUT2D eigenvalue weighted by molar-refractivity contribution is 0.0697. The number of ether oxygens (including phenoxy) is 1. The number of hydrogen-bond donors (Lipinski definition) is 1. The summed E-state index contributed by atoms with van der Waals surface area (Å²) in [5, 5.41) is 9.25. The predicted molar refractivity (Wildman–Crippen MR) is 88.6 cm³/mol. The lowest BCUT2D eigenvalue weighted by Crippen LogP contribution is -2.02. The molecular weight excluding hydrogens is 276 g/mol. The van der Waals surface area contributed by atoms with Crippen LogP contribution in [0.1, 0.15) is 39.5 Å². The number of carboxylic acid groups (broad SMARTS) is 1. The summed E-state index contributed by atoms with van der Waals surface area (Å²) < 4.78 is 5.43. The lowest BCUT2D eigenvalue weighted by Gasteiger charge is -2.17.